The molecule has 1 amide bonds. The third kappa shape index (κ3) is 4.33. The second-order valence-electron chi connectivity index (χ2n) is 6.15. The molecule has 1 heterocycles. The van der Waals surface area contributed by atoms with Gasteiger partial charge in [0.2, 0.25) is 15.9 Å². The summed E-state index contributed by atoms with van der Waals surface area (Å²) in [5.74, 6) is -0.357. The van der Waals surface area contributed by atoms with Gasteiger partial charge in [-0.3, -0.25) is 4.79 Å². The fourth-order valence-corrected chi connectivity index (χ4v) is 4.59. The lowest BCUT2D eigenvalue weighted by Crippen LogP contribution is -2.37. The van der Waals surface area contributed by atoms with Crippen LogP contribution in [0.15, 0.2) is 23.1 Å². The van der Waals surface area contributed by atoms with E-state index in [0.717, 1.165) is 18.9 Å². The van der Waals surface area contributed by atoms with Gasteiger partial charge < -0.3 is 4.90 Å². The smallest absolute Gasteiger partial charge is 0.243 e. The maximum absolute atomic E-state index is 13.2. The number of amides is 1. The molecule has 0 atom stereocenters. The highest BCUT2D eigenvalue weighted by molar-refractivity contribution is 7.89. The summed E-state index contributed by atoms with van der Waals surface area (Å²) in [6.45, 7) is 5.26. The van der Waals surface area contributed by atoms with Crippen molar-refractivity contribution in [2.75, 3.05) is 26.2 Å². The SMILES string of the molecule is CCCCC(=O)N1CCCN(S(=O)(=O)c2ccc(F)cc2C)CC1. The lowest BCUT2D eigenvalue weighted by Gasteiger charge is -2.22. The predicted octanol–water partition coefficient (Wildman–Crippen LogP) is 2.55. The summed E-state index contributed by atoms with van der Waals surface area (Å²) in [6, 6.07) is 3.71. The van der Waals surface area contributed by atoms with E-state index < -0.39 is 15.8 Å². The molecule has 5 nitrogen and oxygen atoms in total. The Kier molecular flexibility index (Phi) is 6.34. The van der Waals surface area contributed by atoms with Crippen molar-refractivity contribution in [3.63, 3.8) is 0 Å². The third-order valence-electron chi connectivity index (χ3n) is 4.31. The quantitative estimate of drug-likeness (QED) is 0.815. The number of rotatable bonds is 5. The Hall–Kier alpha value is -1.47. The summed E-state index contributed by atoms with van der Waals surface area (Å²) in [5, 5.41) is 0. The zero-order valence-corrected chi connectivity index (χ0v) is 15.1. The van der Waals surface area contributed by atoms with Crippen LogP contribution in [-0.4, -0.2) is 49.7 Å². The monoisotopic (exact) mass is 356 g/mol. The van der Waals surface area contributed by atoms with Crippen LogP contribution in [0.25, 0.3) is 0 Å². The van der Waals surface area contributed by atoms with Gasteiger partial charge in [-0.05, 0) is 43.5 Å². The Morgan fingerprint density at radius 1 is 1.21 bits per heavy atom. The van der Waals surface area contributed by atoms with Crippen molar-refractivity contribution in [3.05, 3.63) is 29.6 Å². The maximum atomic E-state index is 13.2. The molecule has 1 aromatic carbocycles. The molecule has 134 valence electrons. The van der Waals surface area contributed by atoms with E-state index >= 15 is 0 Å². The minimum atomic E-state index is -3.67. The number of unbranched alkanes of at least 4 members (excludes halogenated alkanes) is 1. The normalized spacial score (nSPS) is 16.9. The van der Waals surface area contributed by atoms with Gasteiger partial charge in [0.1, 0.15) is 5.82 Å². The van der Waals surface area contributed by atoms with Gasteiger partial charge in [-0.2, -0.15) is 4.31 Å². The van der Waals surface area contributed by atoms with Gasteiger partial charge in [0.25, 0.3) is 0 Å². The summed E-state index contributed by atoms with van der Waals surface area (Å²) < 4.78 is 40.3. The van der Waals surface area contributed by atoms with Gasteiger partial charge >= 0.3 is 0 Å². The van der Waals surface area contributed by atoms with Crippen LogP contribution in [0, 0.1) is 12.7 Å². The van der Waals surface area contributed by atoms with E-state index in [1.54, 1.807) is 11.8 Å². The van der Waals surface area contributed by atoms with Crippen molar-refractivity contribution >= 4 is 15.9 Å². The molecule has 0 saturated carbocycles. The van der Waals surface area contributed by atoms with Gasteiger partial charge in [0, 0.05) is 32.6 Å². The highest BCUT2D eigenvalue weighted by Crippen LogP contribution is 2.22. The summed E-state index contributed by atoms with van der Waals surface area (Å²) in [6.07, 6.45) is 2.94. The second kappa shape index (κ2) is 8.07. The topological polar surface area (TPSA) is 57.7 Å². The van der Waals surface area contributed by atoms with E-state index in [2.05, 4.69) is 0 Å². The Bertz CT molecular complexity index is 691. The Labute approximate surface area is 143 Å². The van der Waals surface area contributed by atoms with Crippen molar-refractivity contribution in [2.24, 2.45) is 0 Å². The van der Waals surface area contributed by atoms with Gasteiger partial charge in [-0.15, -0.1) is 0 Å². The first-order chi connectivity index (χ1) is 11.4. The molecule has 1 aliphatic heterocycles. The maximum Gasteiger partial charge on any atom is 0.243 e. The molecule has 1 aromatic rings. The highest BCUT2D eigenvalue weighted by atomic mass is 32.2. The van der Waals surface area contributed by atoms with Crippen LogP contribution in [0.4, 0.5) is 4.39 Å². The van der Waals surface area contributed by atoms with E-state index in [-0.39, 0.29) is 17.3 Å². The first-order valence-electron chi connectivity index (χ1n) is 8.40. The number of halogens is 1. The van der Waals surface area contributed by atoms with Gasteiger partial charge in [-0.25, -0.2) is 12.8 Å². The Morgan fingerprint density at radius 3 is 2.62 bits per heavy atom. The number of carbonyl (C=O) groups excluding carboxylic acids is 1. The Morgan fingerprint density at radius 2 is 1.96 bits per heavy atom. The fraction of sp³-hybridized carbons (Fsp3) is 0.588. The van der Waals surface area contributed by atoms with Crippen LogP contribution >= 0.6 is 0 Å². The molecule has 7 heteroatoms. The number of sulfonamides is 1. The molecule has 0 radical (unpaired) electrons. The average Bonchev–Trinajstić information content (AvgIpc) is 2.78. The molecular weight excluding hydrogens is 331 g/mol. The summed E-state index contributed by atoms with van der Waals surface area (Å²) in [7, 11) is -3.67. The summed E-state index contributed by atoms with van der Waals surface area (Å²) >= 11 is 0. The molecule has 0 bridgehead atoms. The van der Waals surface area contributed by atoms with Crippen molar-refractivity contribution in [2.45, 2.75) is 44.4 Å². The predicted molar refractivity (Wildman–Crippen MR) is 90.6 cm³/mol. The minimum absolute atomic E-state index is 0.0917. The number of carbonyl (C=O) groups is 1. The van der Waals surface area contributed by atoms with E-state index in [0.29, 0.717) is 38.0 Å². The number of nitrogens with zero attached hydrogens (tertiary/aromatic N) is 2. The van der Waals surface area contributed by atoms with Crippen molar-refractivity contribution in [1.82, 2.24) is 9.21 Å². The van der Waals surface area contributed by atoms with Crippen molar-refractivity contribution in [3.8, 4) is 0 Å². The molecule has 1 fully saturated rings. The lowest BCUT2D eigenvalue weighted by atomic mass is 10.2. The standard InChI is InChI=1S/C17H25FN2O3S/c1-3-4-6-17(21)19-9-5-10-20(12-11-19)24(22,23)16-8-7-15(18)13-14(16)2/h7-8,13H,3-6,9-12H2,1-2H3. The Balaban J connectivity index is 2.11. The van der Waals surface area contributed by atoms with Crippen LogP contribution in [0.2, 0.25) is 0 Å². The van der Waals surface area contributed by atoms with Gasteiger partial charge in [0.05, 0.1) is 4.90 Å². The molecule has 2 rings (SSSR count). The van der Waals surface area contributed by atoms with E-state index in [4.69, 9.17) is 0 Å². The highest BCUT2D eigenvalue weighted by Gasteiger charge is 2.29. The second-order valence-corrected chi connectivity index (χ2v) is 8.06. The number of aryl methyl sites for hydroxylation is 1. The minimum Gasteiger partial charge on any atom is -0.341 e. The van der Waals surface area contributed by atoms with Crippen LogP contribution in [-0.2, 0) is 14.8 Å². The largest absolute Gasteiger partial charge is 0.341 e. The summed E-state index contributed by atoms with van der Waals surface area (Å²) in [4.78, 5) is 14.0. The third-order valence-corrected chi connectivity index (χ3v) is 6.37. The molecule has 0 N–H and O–H groups in total. The average molecular weight is 356 g/mol. The van der Waals surface area contributed by atoms with Crippen LogP contribution < -0.4 is 0 Å². The van der Waals surface area contributed by atoms with Gasteiger partial charge in [-0.1, -0.05) is 13.3 Å². The molecule has 0 spiro atoms. The molecular formula is C17H25FN2O3S. The zero-order valence-electron chi connectivity index (χ0n) is 14.3. The lowest BCUT2D eigenvalue weighted by molar-refractivity contribution is -0.131. The number of hydrogen-bond donors (Lipinski definition) is 0. The van der Waals surface area contributed by atoms with E-state index in [1.807, 2.05) is 6.92 Å². The molecule has 0 aliphatic carbocycles. The van der Waals surface area contributed by atoms with Crippen LogP contribution in [0.3, 0.4) is 0 Å². The van der Waals surface area contributed by atoms with E-state index in [9.17, 15) is 17.6 Å². The number of hydrogen-bond acceptors (Lipinski definition) is 3. The van der Waals surface area contributed by atoms with Crippen LogP contribution in [0.5, 0.6) is 0 Å². The molecule has 1 aliphatic rings. The molecule has 1 saturated heterocycles. The van der Waals surface area contributed by atoms with Crippen molar-refractivity contribution < 1.29 is 17.6 Å². The summed E-state index contributed by atoms with van der Waals surface area (Å²) in [5.41, 5.74) is 0.398. The van der Waals surface area contributed by atoms with E-state index in [1.165, 1.54) is 16.4 Å². The molecule has 0 aromatic heterocycles. The molecule has 24 heavy (non-hydrogen) atoms. The first kappa shape index (κ1) is 18.9. The zero-order chi connectivity index (χ0) is 17.7. The number of benzene rings is 1. The fourth-order valence-electron chi connectivity index (χ4n) is 2.91. The van der Waals surface area contributed by atoms with Crippen LogP contribution in [0.1, 0.15) is 38.2 Å². The van der Waals surface area contributed by atoms with Gasteiger partial charge in [0.15, 0.2) is 0 Å². The van der Waals surface area contributed by atoms with Crippen molar-refractivity contribution in [1.29, 1.82) is 0 Å². The first-order valence-corrected chi connectivity index (χ1v) is 9.84. The molecule has 0 unspecified atom stereocenters.